The standard InChI is InChI=1S/C15H17BrN2O2S/c1-2-11-3-5-12(6-4-11)10-18-21(19,20)13-7-8-14(16)15(17)9-13/h3-9,18H,2,10,17H2,1H3. The van der Waals surface area contributed by atoms with Crippen molar-refractivity contribution < 1.29 is 8.42 Å². The van der Waals surface area contributed by atoms with Gasteiger partial charge >= 0.3 is 0 Å². The van der Waals surface area contributed by atoms with E-state index in [1.54, 1.807) is 6.07 Å². The maximum Gasteiger partial charge on any atom is 0.240 e. The summed E-state index contributed by atoms with van der Waals surface area (Å²) in [6.45, 7) is 2.33. The van der Waals surface area contributed by atoms with E-state index >= 15 is 0 Å². The highest BCUT2D eigenvalue weighted by Crippen LogP contribution is 2.22. The van der Waals surface area contributed by atoms with E-state index in [9.17, 15) is 8.42 Å². The minimum Gasteiger partial charge on any atom is -0.398 e. The monoisotopic (exact) mass is 368 g/mol. The summed E-state index contributed by atoms with van der Waals surface area (Å²) in [7, 11) is -3.56. The Balaban J connectivity index is 2.11. The number of aryl methyl sites for hydroxylation is 1. The van der Waals surface area contributed by atoms with E-state index in [0.29, 0.717) is 10.2 Å². The summed E-state index contributed by atoms with van der Waals surface area (Å²) in [5.74, 6) is 0. The van der Waals surface area contributed by atoms with Crippen molar-refractivity contribution in [3.8, 4) is 0 Å². The molecule has 2 aromatic rings. The van der Waals surface area contributed by atoms with Crippen molar-refractivity contribution in [2.45, 2.75) is 24.8 Å². The minimum atomic E-state index is -3.56. The maximum absolute atomic E-state index is 12.2. The highest BCUT2D eigenvalue weighted by Gasteiger charge is 2.14. The highest BCUT2D eigenvalue weighted by molar-refractivity contribution is 9.10. The lowest BCUT2D eigenvalue weighted by atomic mass is 10.1. The van der Waals surface area contributed by atoms with Gasteiger partial charge in [-0.25, -0.2) is 13.1 Å². The molecule has 0 saturated carbocycles. The van der Waals surface area contributed by atoms with Gasteiger partial charge in [0.1, 0.15) is 0 Å². The van der Waals surface area contributed by atoms with E-state index in [4.69, 9.17) is 5.73 Å². The smallest absolute Gasteiger partial charge is 0.240 e. The van der Waals surface area contributed by atoms with Gasteiger partial charge in [-0.2, -0.15) is 0 Å². The van der Waals surface area contributed by atoms with Crippen LogP contribution in [0, 0.1) is 0 Å². The van der Waals surface area contributed by atoms with Gasteiger partial charge in [0, 0.05) is 16.7 Å². The molecule has 112 valence electrons. The Kier molecular flexibility index (Phi) is 5.03. The Morgan fingerprint density at radius 2 is 1.71 bits per heavy atom. The first kappa shape index (κ1) is 16.0. The Hall–Kier alpha value is -1.37. The van der Waals surface area contributed by atoms with Crippen LogP contribution in [0.25, 0.3) is 0 Å². The summed E-state index contributed by atoms with van der Waals surface area (Å²) in [6.07, 6.45) is 0.962. The second-order valence-electron chi connectivity index (χ2n) is 4.68. The van der Waals surface area contributed by atoms with Crippen molar-refractivity contribution in [2.75, 3.05) is 5.73 Å². The highest BCUT2D eigenvalue weighted by atomic mass is 79.9. The SMILES string of the molecule is CCc1ccc(CNS(=O)(=O)c2ccc(Br)c(N)c2)cc1. The summed E-state index contributed by atoms with van der Waals surface area (Å²) in [5, 5.41) is 0. The number of rotatable bonds is 5. The number of nitrogens with two attached hydrogens (primary N) is 1. The van der Waals surface area contributed by atoms with E-state index in [1.165, 1.54) is 17.7 Å². The van der Waals surface area contributed by atoms with Crippen LogP contribution in [0.3, 0.4) is 0 Å². The summed E-state index contributed by atoms with van der Waals surface area (Å²) >= 11 is 3.25. The largest absolute Gasteiger partial charge is 0.398 e. The lowest BCUT2D eigenvalue weighted by Crippen LogP contribution is -2.23. The van der Waals surface area contributed by atoms with Gasteiger partial charge in [-0.15, -0.1) is 0 Å². The van der Waals surface area contributed by atoms with Gasteiger partial charge in [0.15, 0.2) is 0 Å². The molecule has 0 aliphatic rings. The fourth-order valence-electron chi connectivity index (χ4n) is 1.84. The third kappa shape index (κ3) is 4.06. The molecule has 4 nitrogen and oxygen atoms in total. The molecule has 2 aromatic carbocycles. The van der Waals surface area contributed by atoms with Crippen LogP contribution in [-0.4, -0.2) is 8.42 Å². The second kappa shape index (κ2) is 6.60. The fraction of sp³-hybridized carbons (Fsp3) is 0.200. The molecule has 0 spiro atoms. The summed E-state index contributed by atoms with van der Waals surface area (Å²) in [6, 6.07) is 12.4. The Morgan fingerprint density at radius 3 is 2.29 bits per heavy atom. The third-order valence-electron chi connectivity index (χ3n) is 3.18. The van der Waals surface area contributed by atoms with Gasteiger partial charge in [0.05, 0.1) is 4.90 Å². The number of benzene rings is 2. The molecule has 0 amide bonds. The van der Waals surface area contributed by atoms with Crippen LogP contribution in [0.15, 0.2) is 51.8 Å². The molecule has 6 heteroatoms. The zero-order chi connectivity index (χ0) is 15.5. The normalized spacial score (nSPS) is 11.5. The fourth-order valence-corrected chi connectivity index (χ4v) is 3.14. The topological polar surface area (TPSA) is 72.2 Å². The van der Waals surface area contributed by atoms with Gasteiger partial charge in [-0.05, 0) is 51.7 Å². The van der Waals surface area contributed by atoms with Gasteiger partial charge < -0.3 is 5.73 Å². The van der Waals surface area contributed by atoms with Crippen molar-refractivity contribution in [1.29, 1.82) is 0 Å². The van der Waals surface area contributed by atoms with Gasteiger partial charge in [-0.3, -0.25) is 0 Å². The second-order valence-corrected chi connectivity index (χ2v) is 7.30. The first-order valence-corrected chi connectivity index (χ1v) is 8.82. The lowest BCUT2D eigenvalue weighted by Gasteiger charge is -2.08. The zero-order valence-corrected chi connectivity index (χ0v) is 14.0. The van der Waals surface area contributed by atoms with Crippen LogP contribution in [0.1, 0.15) is 18.1 Å². The molecular weight excluding hydrogens is 352 g/mol. The molecule has 3 N–H and O–H groups in total. The van der Waals surface area contributed by atoms with Crippen LogP contribution in [0.5, 0.6) is 0 Å². The van der Waals surface area contributed by atoms with Gasteiger partial charge in [0.25, 0.3) is 0 Å². The lowest BCUT2D eigenvalue weighted by molar-refractivity contribution is 0.581. The van der Waals surface area contributed by atoms with Crippen LogP contribution in [0.2, 0.25) is 0 Å². The molecule has 0 atom stereocenters. The van der Waals surface area contributed by atoms with Gasteiger partial charge in [-0.1, -0.05) is 31.2 Å². The number of hydrogen-bond donors (Lipinski definition) is 2. The van der Waals surface area contributed by atoms with E-state index < -0.39 is 10.0 Å². The van der Waals surface area contributed by atoms with Crippen molar-refractivity contribution in [1.82, 2.24) is 4.72 Å². The molecule has 0 aliphatic carbocycles. The molecule has 0 saturated heterocycles. The zero-order valence-electron chi connectivity index (χ0n) is 11.6. The van der Waals surface area contributed by atoms with Crippen molar-refractivity contribution in [3.05, 3.63) is 58.1 Å². The van der Waals surface area contributed by atoms with E-state index in [1.807, 2.05) is 24.3 Å². The number of halogens is 1. The number of hydrogen-bond acceptors (Lipinski definition) is 3. The Labute approximate surface area is 133 Å². The first-order chi connectivity index (χ1) is 9.92. The van der Waals surface area contributed by atoms with Crippen LogP contribution >= 0.6 is 15.9 Å². The molecule has 0 heterocycles. The summed E-state index contributed by atoms with van der Waals surface area (Å²) in [5.41, 5.74) is 8.25. The van der Waals surface area contributed by atoms with Crippen molar-refractivity contribution in [3.63, 3.8) is 0 Å². The quantitative estimate of drug-likeness (QED) is 0.796. The molecule has 0 bridgehead atoms. The minimum absolute atomic E-state index is 0.161. The number of anilines is 1. The summed E-state index contributed by atoms with van der Waals surface area (Å²) < 4.78 is 27.7. The molecule has 0 unspecified atom stereocenters. The molecular formula is C15H17BrN2O2S. The predicted molar refractivity (Wildman–Crippen MR) is 88.4 cm³/mol. The van der Waals surface area contributed by atoms with Crippen LogP contribution in [0.4, 0.5) is 5.69 Å². The van der Waals surface area contributed by atoms with E-state index in [2.05, 4.69) is 27.6 Å². The van der Waals surface area contributed by atoms with Crippen LogP contribution < -0.4 is 10.5 Å². The predicted octanol–water partition coefficient (Wildman–Crippen LogP) is 3.07. The molecule has 0 aliphatic heterocycles. The molecule has 0 radical (unpaired) electrons. The van der Waals surface area contributed by atoms with E-state index in [-0.39, 0.29) is 11.4 Å². The Bertz CT molecular complexity index is 728. The number of nitrogen functional groups attached to an aromatic ring is 1. The summed E-state index contributed by atoms with van der Waals surface area (Å²) in [4.78, 5) is 0.161. The molecule has 21 heavy (non-hydrogen) atoms. The van der Waals surface area contributed by atoms with Crippen molar-refractivity contribution >= 4 is 31.6 Å². The number of sulfonamides is 1. The molecule has 0 aromatic heterocycles. The van der Waals surface area contributed by atoms with Gasteiger partial charge in [0.2, 0.25) is 10.0 Å². The molecule has 2 rings (SSSR count). The van der Waals surface area contributed by atoms with Crippen molar-refractivity contribution in [2.24, 2.45) is 0 Å². The first-order valence-electron chi connectivity index (χ1n) is 6.55. The molecule has 0 fully saturated rings. The Morgan fingerprint density at radius 1 is 1.10 bits per heavy atom. The van der Waals surface area contributed by atoms with E-state index in [0.717, 1.165) is 12.0 Å². The maximum atomic E-state index is 12.2. The number of nitrogens with one attached hydrogen (secondary N) is 1. The third-order valence-corrected chi connectivity index (χ3v) is 5.30. The average molecular weight is 369 g/mol. The van der Waals surface area contributed by atoms with Crippen LogP contribution in [-0.2, 0) is 23.0 Å². The average Bonchev–Trinajstić information content (AvgIpc) is 2.48.